The Morgan fingerprint density at radius 3 is 1.21 bits per heavy atom. The monoisotopic (exact) mass is 358 g/mol. The molecule has 0 saturated heterocycles. The molecule has 0 saturated carbocycles. The summed E-state index contributed by atoms with van der Waals surface area (Å²) in [6.45, 7) is 0. The molecule has 0 radical (unpaired) electrons. The van der Waals surface area contributed by atoms with E-state index < -0.39 is 9.85 Å². The van der Waals surface area contributed by atoms with Crippen LogP contribution in [-0.4, -0.2) is 9.85 Å². The van der Waals surface area contributed by atoms with Crippen LogP contribution in [0.5, 0.6) is 0 Å². The van der Waals surface area contributed by atoms with Gasteiger partial charge in [-0.15, -0.1) is 0 Å². The molecule has 24 heavy (non-hydrogen) atoms. The van der Waals surface area contributed by atoms with E-state index in [0.29, 0.717) is 0 Å². The first kappa shape index (κ1) is 16.3. The smallest absolute Gasteiger partial charge is 0.258 e. The van der Waals surface area contributed by atoms with Crippen molar-refractivity contribution in [3.8, 4) is 0 Å². The zero-order valence-corrected chi connectivity index (χ0v) is 13.8. The average molecular weight is 358 g/mol. The van der Waals surface area contributed by atoms with Crippen LogP contribution in [0.1, 0.15) is 11.1 Å². The van der Waals surface area contributed by atoms with Crippen LogP contribution in [0.3, 0.4) is 0 Å². The summed E-state index contributed by atoms with van der Waals surface area (Å²) in [5.74, 6) is 0. The average Bonchev–Trinajstić information content (AvgIpc) is 2.62. The zero-order valence-electron chi connectivity index (χ0n) is 12.1. The first-order chi connectivity index (χ1) is 11.5. The minimum atomic E-state index is -0.423. The number of hydrogen-bond acceptors (Lipinski definition) is 6. The zero-order chi connectivity index (χ0) is 17.1. The lowest BCUT2D eigenvalue weighted by molar-refractivity contribution is -0.385. The number of rotatable bonds is 4. The number of hydrogen-bond donors (Lipinski definition) is 0. The maximum absolute atomic E-state index is 10.7. The van der Waals surface area contributed by atoms with Crippen LogP contribution in [0.4, 0.5) is 11.4 Å². The van der Waals surface area contributed by atoms with Gasteiger partial charge in [0, 0.05) is 34.1 Å². The molecular formula is C16H10N2O4S2. The van der Waals surface area contributed by atoms with Gasteiger partial charge in [0.05, 0.1) is 9.85 Å². The van der Waals surface area contributed by atoms with Crippen molar-refractivity contribution in [3.63, 3.8) is 0 Å². The lowest BCUT2D eigenvalue weighted by Gasteiger charge is -2.13. The molecular weight excluding hydrogens is 348 g/mol. The number of non-ortho nitro benzene ring substituents is 2. The first-order valence-electron chi connectivity index (χ1n) is 6.78. The summed E-state index contributed by atoms with van der Waals surface area (Å²) in [6.07, 6.45) is 0. The van der Waals surface area contributed by atoms with Crippen LogP contribution in [-0.2, 0) is 0 Å². The van der Waals surface area contributed by atoms with E-state index in [2.05, 4.69) is 0 Å². The highest BCUT2D eigenvalue weighted by molar-refractivity contribution is 8.18. The van der Waals surface area contributed by atoms with Gasteiger partial charge in [0.1, 0.15) is 0 Å². The van der Waals surface area contributed by atoms with Gasteiger partial charge in [0.15, 0.2) is 0 Å². The van der Waals surface area contributed by atoms with E-state index in [1.54, 1.807) is 24.3 Å². The fourth-order valence-corrected chi connectivity index (χ4v) is 4.07. The quantitative estimate of drug-likeness (QED) is 0.546. The molecule has 0 bridgehead atoms. The predicted molar refractivity (Wildman–Crippen MR) is 97.3 cm³/mol. The lowest BCUT2D eigenvalue weighted by atomic mass is 10.2. The molecule has 1 aliphatic heterocycles. The number of nitro groups is 2. The summed E-state index contributed by atoms with van der Waals surface area (Å²) in [4.78, 5) is 22.5. The minimum absolute atomic E-state index is 0.0647. The Balaban J connectivity index is 1.73. The van der Waals surface area contributed by atoms with Crippen molar-refractivity contribution in [1.82, 2.24) is 0 Å². The third kappa shape index (κ3) is 3.50. The largest absolute Gasteiger partial charge is 0.269 e. The summed E-state index contributed by atoms with van der Waals surface area (Å²) >= 11 is 3.04. The fraction of sp³-hybridized carbons (Fsp3) is 0. The van der Waals surface area contributed by atoms with E-state index in [0.717, 1.165) is 20.9 Å². The Labute approximate surface area is 145 Å². The van der Waals surface area contributed by atoms with E-state index in [1.807, 2.05) is 10.8 Å². The third-order valence-electron chi connectivity index (χ3n) is 3.31. The molecule has 0 unspecified atom stereocenters. The Bertz CT molecular complexity index is 785. The van der Waals surface area contributed by atoms with Crippen LogP contribution < -0.4 is 0 Å². The Kier molecular flexibility index (Phi) is 4.68. The summed E-state index contributed by atoms with van der Waals surface area (Å²) < 4.78 is 0. The first-order valence-corrected chi connectivity index (χ1v) is 8.54. The topological polar surface area (TPSA) is 86.3 Å². The summed E-state index contributed by atoms with van der Waals surface area (Å²) in [5.41, 5.74) is 1.96. The van der Waals surface area contributed by atoms with Crippen molar-refractivity contribution < 1.29 is 9.85 Å². The van der Waals surface area contributed by atoms with E-state index >= 15 is 0 Å². The second kappa shape index (κ2) is 6.90. The van der Waals surface area contributed by atoms with E-state index in [4.69, 9.17) is 0 Å². The van der Waals surface area contributed by atoms with Gasteiger partial charge in [-0.3, -0.25) is 20.2 Å². The SMILES string of the molecule is O=[N+]([O-])c1ccc(C2=CSC(c3ccc([N+](=O)[O-])cc3)=CS2)cc1. The maximum atomic E-state index is 10.7. The van der Waals surface area contributed by atoms with Crippen molar-refractivity contribution in [3.05, 3.63) is 90.7 Å². The maximum Gasteiger partial charge on any atom is 0.269 e. The second-order valence-electron chi connectivity index (χ2n) is 4.81. The van der Waals surface area contributed by atoms with Gasteiger partial charge < -0.3 is 0 Å². The summed E-state index contributed by atoms with van der Waals surface area (Å²) in [7, 11) is 0. The van der Waals surface area contributed by atoms with Gasteiger partial charge in [-0.1, -0.05) is 23.5 Å². The third-order valence-corrected chi connectivity index (χ3v) is 5.53. The molecule has 1 heterocycles. The molecule has 8 heteroatoms. The Morgan fingerprint density at radius 1 is 0.625 bits per heavy atom. The van der Waals surface area contributed by atoms with Crippen molar-refractivity contribution >= 4 is 44.7 Å². The molecule has 2 aromatic carbocycles. The highest BCUT2D eigenvalue weighted by atomic mass is 32.2. The molecule has 1 aliphatic rings. The number of nitro benzene ring substituents is 2. The standard InChI is InChI=1S/C16H10N2O4S2/c19-17(20)13-5-1-11(2-6-13)15-9-24-16(10-23-15)12-3-7-14(8-4-12)18(21)22/h1-10H. The molecule has 0 N–H and O–H groups in total. The normalized spacial score (nSPS) is 13.8. The fourth-order valence-electron chi connectivity index (χ4n) is 2.06. The van der Waals surface area contributed by atoms with Crippen molar-refractivity contribution in [1.29, 1.82) is 0 Å². The molecule has 0 amide bonds. The van der Waals surface area contributed by atoms with Crippen LogP contribution in [0, 0.1) is 20.2 Å². The number of thioether (sulfide) groups is 2. The Hall–Kier alpha value is -2.58. The predicted octanol–water partition coefficient (Wildman–Crippen LogP) is 5.28. The summed E-state index contributed by atoms with van der Waals surface area (Å²) in [6, 6.07) is 12.8. The van der Waals surface area contributed by atoms with E-state index in [9.17, 15) is 20.2 Å². The molecule has 3 rings (SSSR count). The van der Waals surface area contributed by atoms with Crippen molar-refractivity contribution in [2.24, 2.45) is 0 Å². The minimum Gasteiger partial charge on any atom is -0.258 e. The van der Waals surface area contributed by atoms with Crippen LogP contribution >= 0.6 is 23.5 Å². The van der Waals surface area contributed by atoms with Crippen LogP contribution in [0.25, 0.3) is 9.81 Å². The number of nitrogens with zero attached hydrogens (tertiary/aromatic N) is 2. The number of benzene rings is 2. The van der Waals surface area contributed by atoms with Gasteiger partial charge in [0.25, 0.3) is 11.4 Å². The molecule has 6 nitrogen and oxygen atoms in total. The molecule has 120 valence electrons. The van der Waals surface area contributed by atoms with E-state index in [-0.39, 0.29) is 11.4 Å². The van der Waals surface area contributed by atoms with Crippen LogP contribution in [0.15, 0.2) is 59.3 Å². The highest BCUT2D eigenvalue weighted by Crippen LogP contribution is 2.43. The molecule has 0 atom stereocenters. The van der Waals surface area contributed by atoms with Gasteiger partial charge >= 0.3 is 0 Å². The molecule has 0 aromatic heterocycles. The highest BCUT2D eigenvalue weighted by Gasteiger charge is 2.13. The lowest BCUT2D eigenvalue weighted by Crippen LogP contribution is -1.90. The van der Waals surface area contributed by atoms with Crippen molar-refractivity contribution in [2.75, 3.05) is 0 Å². The van der Waals surface area contributed by atoms with Gasteiger partial charge in [-0.05, 0) is 46.2 Å². The van der Waals surface area contributed by atoms with Gasteiger partial charge in [-0.2, -0.15) is 0 Å². The molecule has 0 aliphatic carbocycles. The molecule has 2 aromatic rings. The second-order valence-corrected chi connectivity index (χ2v) is 6.63. The molecule has 0 fully saturated rings. The van der Waals surface area contributed by atoms with E-state index in [1.165, 1.54) is 47.8 Å². The van der Waals surface area contributed by atoms with Crippen molar-refractivity contribution in [2.45, 2.75) is 0 Å². The summed E-state index contributed by atoms with van der Waals surface area (Å²) in [5, 5.41) is 25.3. The Morgan fingerprint density at radius 2 is 0.958 bits per heavy atom. The van der Waals surface area contributed by atoms with Crippen LogP contribution in [0.2, 0.25) is 0 Å². The van der Waals surface area contributed by atoms with Gasteiger partial charge in [-0.25, -0.2) is 0 Å². The molecule has 0 spiro atoms. The van der Waals surface area contributed by atoms with Gasteiger partial charge in [0.2, 0.25) is 0 Å².